The van der Waals surface area contributed by atoms with Crippen LogP contribution in [0.2, 0.25) is 10.0 Å². The first-order valence-electron chi connectivity index (χ1n) is 6.06. The van der Waals surface area contributed by atoms with Crippen LogP contribution < -0.4 is 0 Å². The number of hydrogen-bond donors (Lipinski definition) is 1. The highest BCUT2D eigenvalue weighted by molar-refractivity contribution is 6.36. The third kappa shape index (κ3) is 3.21. The highest BCUT2D eigenvalue weighted by Gasteiger charge is 2.14. The van der Waals surface area contributed by atoms with Crippen molar-refractivity contribution in [3.05, 3.63) is 75.9 Å². The monoisotopic (exact) mass is 305 g/mol. The molecule has 0 aromatic heterocycles. The van der Waals surface area contributed by atoms with Crippen molar-refractivity contribution in [1.29, 1.82) is 0 Å². The molecule has 1 N–H and O–H groups in total. The Balaban J connectivity index is 2.66. The summed E-state index contributed by atoms with van der Waals surface area (Å²) in [5, 5.41) is 11.1. The van der Waals surface area contributed by atoms with Crippen molar-refractivity contribution in [2.75, 3.05) is 0 Å². The Bertz CT molecular complexity index is 678. The second-order valence-corrected chi connectivity index (χ2v) is 4.95. The van der Waals surface area contributed by atoms with Gasteiger partial charge in [-0.1, -0.05) is 47.5 Å². The highest BCUT2D eigenvalue weighted by atomic mass is 35.5. The molecule has 0 spiro atoms. The second-order valence-electron chi connectivity index (χ2n) is 4.10. The van der Waals surface area contributed by atoms with Crippen LogP contribution in [0, 0.1) is 0 Å². The summed E-state index contributed by atoms with van der Waals surface area (Å²) >= 11 is 12.2. The predicted octanol–water partition coefficient (Wildman–Crippen LogP) is 5.07. The van der Waals surface area contributed by atoms with Gasteiger partial charge in [-0.25, -0.2) is 0 Å². The molecule has 2 rings (SSSR count). The molecule has 0 aliphatic rings. The Morgan fingerprint density at radius 2 is 1.85 bits per heavy atom. The van der Waals surface area contributed by atoms with Gasteiger partial charge < -0.3 is 5.11 Å². The van der Waals surface area contributed by atoms with Crippen LogP contribution in [0.5, 0.6) is 5.75 Å². The zero-order chi connectivity index (χ0) is 14.5. The van der Waals surface area contributed by atoms with Crippen LogP contribution in [-0.4, -0.2) is 10.8 Å². The summed E-state index contributed by atoms with van der Waals surface area (Å²) in [6.07, 6.45) is 3.46. The summed E-state index contributed by atoms with van der Waals surface area (Å²) in [4.78, 5) is 4.38. The van der Waals surface area contributed by atoms with Crippen molar-refractivity contribution in [3.8, 4) is 5.75 Å². The summed E-state index contributed by atoms with van der Waals surface area (Å²) < 4.78 is 0. The van der Waals surface area contributed by atoms with E-state index in [0.717, 1.165) is 5.56 Å². The Labute approximate surface area is 128 Å². The summed E-state index contributed by atoms with van der Waals surface area (Å²) in [7, 11) is 0. The van der Waals surface area contributed by atoms with E-state index >= 15 is 0 Å². The van der Waals surface area contributed by atoms with Crippen molar-refractivity contribution < 1.29 is 5.11 Å². The molecule has 0 heterocycles. The van der Waals surface area contributed by atoms with Crippen LogP contribution in [0.15, 0.2) is 59.7 Å². The van der Waals surface area contributed by atoms with Gasteiger partial charge in [0.05, 0.1) is 5.71 Å². The van der Waals surface area contributed by atoms with E-state index in [2.05, 4.69) is 4.99 Å². The van der Waals surface area contributed by atoms with Gasteiger partial charge in [0.15, 0.2) is 0 Å². The lowest BCUT2D eigenvalue weighted by Crippen LogP contribution is -2.04. The fourth-order valence-electron chi connectivity index (χ4n) is 1.78. The van der Waals surface area contributed by atoms with Crippen LogP contribution in [0.3, 0.4) is 0 Å². The zero-order valence-electron chi connectivity index (χ0n) is 10.8. The fourth-order valence-corrected chi connectivity index (χ4v) is 2.18. The van der Waals surface area contributed by atoms with Gasteiger partial charge in [0, 0.05) is 27.4 Å². The van der Waals surface area contributed by atoms with E-state index in [4.69, 9.17) is 23.2 Å². The Morgan fingerprint density at radius 3 is 2.55 bits per heavy atom. The van der Waals surface area contributed by atoms with Crippen LogP contribution in [0.4, 0.5) is 0 Å². The lowest BCUT2D eigenvalue weighted by atomic mass is 10.0. The largest absolute Gasteiger partial charge is 0.507 e. The van der Waals surface area contributed by atoms with E-state index in [1.54, 1.807) is 36.5 Å². The number of aliphatic imine (C=N–C) groups is 1. The second kappa shape index (κ2) is 6.60. The molecule has 2 aromatic rings. The molecule has 0 bridgehead atoms. The number of rotatable bonds is 3. The number of nitrogens with zero attached hydrogens (tertiary/aromatic N) is 1. The smallest absolute Gasteiger partial charge is 0.125 e. The van der Waals surface area contributed by atoms with Crippen molar-refractivity contribution in [2.24, 2.45) is 4.99 Å². The molecule has 4 heteroatoms. The summed E-state index contributed by atoms with van der Waals surface area (Å²) in [6.45, 7) is 1.87. The van der Waals surface area contributed by atoms with Gasteiger partial charge in [0.2, 0.25) is 0 Å². The lowest BCUT2D eigenvalue weighted by molar-refractivity contribution is 0.474. The molecule has 0 amide bonds. The number of benzene rings is 2. The molecule has 2 nitrogen and oxygen atoms in total. The number of allylic oxidation sites excluding steroid dienone is 1. The standard InChI is InChI=1S/C16H13Cl2NO/c1-2-9-19-16(12-5-3-4-6-14(12)18)13-10-11(17)7-8-15(13)20/h2-10,20H,1H3/b9-2-,19-16?. The van der Waals surface area contributed by atoms with Gasteiger partial charge in [0.25, 0.3) is 0 Å². The summed E-state index contributed by atoms with van der Waals surface area (Å²) in [6, 6.07) is 12.2. The Hall–Kier alpha value is -1.77. The van der Waals surface area contributed by atoms with Crippen LogP contribution in [0.25, 0.3) is 0 Å². The molecule has 0 saturated heterocycles. The van der Waals surface area contributed by atoms with E-state index in [1.807, 2.05) is 25.1 Å². The van der Waals surface area contributed by atoms with E-state index in [9.17, 15) is 5.11 Å². The molecule has 0 aliphatic carbocycles. The number of halogens is 2. The summed E-state index contributed by atoms with van der Waals surface area (Å²) in [5.74, 6) is 0.109. The molecule has 0 radical (unpaired) electrons. The molecule has 20 heavy (non-hydrogen) atoms. The van der Waals surface area contributed by atoms with Gasteiger partial charge in [-0.3, -0.25) is 4.99 Å². The van der Waals surface area contributed by atoms with Crippen molar-refractivity contribution >= 4 is 28.9 Å². The maximum Gasteiger partial charge on any atom is 0.125 e. The SMILES string of the molecule is C/C=C\N=C(c1cc(Cl)ccc1O)c1ccccc1Cl. The first-order valence-corrected chi connectivity index (χ1v) is 6.82. The zero-order valence-corrected chi connectivity index (χ0v) is 12.4. The van der Waals surface area contributed by atoms with Crippen molar-refractivity contribution in [3.63, 3.8) is 0 Å². The average Bonchev–Trinajstić information content (AvgIpc) is 2.44. The maximum absolute atomic E-state index is 10.1. The van der Waals surface area contributed by atoms with Gasteiger partial charge in [0.1, 0.15) is 5.75 Å². The molecule has 0 atom stereocenters. The van der Waals surface area contributed by atoms with Crippen molar-refractivity contribution in [2.45, 2.75) is 6.92 Å². The van der Waals surface area contributed by atoms with Crippen LogP contribution in [-0.2, 0) is 0 Å². The van der Waals surface area contributed by atoms with Gasteiger partial charge in [-0.05, 0) is 31.2 Å². The maximum atomic E-state index is 10.1. The van der Waals surface area contributed by atoms with E-state index in [1.165, 1.54) is 0 Å². The molecule has 0 fully saturated rings. The van der Waals surface area contributed by atoms with Crippen LogP contribution in [0.1, 0.15) is 18.1 Å². The Kier molecular flexibility index (Phi) is 4.83. The first kappa shape index (κ1) is 14.6. The minimum absolute atomic E-state index is 0.109. The minimum Gasteiger partial charge on any atom is -0.507 e. The van der Waals surface area contributed by atoms with Gasteiger partial charge in [-0.2, -0.15) is 0 Å². The van der Waals surface area contributed by atoms with E-state index in [-0.39, 0.29) is 5.75 Å². The average molecular weight is 306 g/mol. The number of phenols is 1. The first-order chi connectivity index (χ1) is 9.63. The molecule has 0 aliphatic heterocycles. The predicted molar refractivity (Wildman–Crippen MR) is 85.0 cm³/mol. The Morgan fingerprint density at radius 1 is 1.10 bits per heavy atom. The molecule has 102 valence electrons. The van der Waals surface area contributed by atoms with Gasteiger partial charge >= 0.3 is 0 Å². The fraction of sp³-hybridized carbons (Fsp3) is 0.0625. The van der Waals surface area contributed by atoms with E-state index < -0.39 is 0 Å². The number of phenolic OH excluding ortho intramolecular Hbond substituents is 1. The molecule has 0 saturated carbocycles. The minimum atomic E-state index is 0.109. The quantitative estimate of drug-likeness (QED) is 0.789. The van der Waals surface area contributed by atoms with Crippen molar-refractivity contribution in [1.82, 2.24) is 0 Å². The number of hydrogen-bond acceptors (Lipinski definition) is 2. The normalized spacial score (nSPS) is 12.1. The van der Waals surface area contributed by atoms with E-state index in [0.29, 0.717) is 21.3 Å². The third-order valence-corrected chi connectivity index (χ3v) is 3.26. The molecular weight excluding hydrogens is 293 g/mol. The topological polar surface area (TPSA) is 32.6 Å². The van der Waals surface area contributed by atoms with Crippen LogP contribution >= 0.6 is 23.2 Å². The lowest BCUT2D eigenvalue weighted by Gasteiger charge is -2.10. The highest BCUT2D eigenvalue weighted by Crippen LogP contribution is 2.27. The molecule has 0 unspecified atom stereocenters. The number of aromatic hydroxyl groups is 1. The summed E-state index contributed by atoms with van der Waals surface area (Å²) in [5.41, 5.74) is 1.86. The molecule has 2 aromatic carbocycles. The molecular formula is C16H13Cl2NO. The van der Waals surface area contributed by atoms with Gasteiger partial charge in [-0.15, -0.1) is 0 Å². The third-order valence-electron chi connectivity index (χ3n) is 2.70.